The minimum absolute atomic E-state index is 0.0958. The van der Waals surface area contributed by atoms with E-state index in [1.54, 1.807) is 0 Å². The van der Waals surface area contributed by atoms with Crippen LogP contribution in [0.15, 0.2) is 54.6 Å². The van der Waals surface area contributed by atoms with Crippen molar-refractivity contribution < 1.29 is 4.74 Å². The highest BCUT2D eigenvalue weighted by molar-refractivity contribution is 7.71. The fourth-order valence-corrected chi connectivity index (χ4v) is 3.00. The molecule has 1 N–H and O–H groups in total. The minimum atomic E-state index is 0.0958. The molecule has 0 radical (unpaired) electrons. The van der Waals surface area contributed by atoms with Crippen LogP contribution in [-0.2, 0) is 13.0 Å². The molecule has 0 fully saturated rings. The van der Waals surface area contributed by atoms with Crippen LogP contribution in [0.4, 0.5) is 0 Å². The maximum atomic E-state index is 5.88. The average molecular weight is 339 g/mol. The summed E-state index contributed by atoms with van der Waals surface area (Å²) < 4.78 is 8.49. The molecule has 3 rings (SSSR count). The van der Waals surface area contributed by atoms with Gasteiger partial charge in [-0.1, -0.05) is 49.4 Å². The lowest BCUT2D eigenvalue weighted by atomic mass is 10.1. The Morgan fingerprint density at radius 1 is 1.12 bits per heavy atom. The zero-order valence-electron chi connectivity index (χ0n) is 13.9. The molecule has 1 aromatic heterocycles. The van der Waals surface area contributed by atoms with E-state index in [0.29, 0.717) is 11.4 Å². The maximum Gasteiger partial charge on any atom is 0.195 e. The highest BCUT2D eigenvalue weighted by Crippen LogP contribution is 2.20. The third-order valence-electron chi connectivity index (χ3n) is 4.15. The van der Waals surface area contributed by atoms with Crippen molar-refractivity contribution in [1.29, 1.82) is 0 Å². The molecule has 1 atom stereocenters. The predicted molar refractivity (Wildman–Crippen MR) is 97.8 cm³/mol. The lowest BCUT2D eigenvalue weighted by Gasteiger charge is -2.16. The molecule has 1 heterocycles. The molecule has 0 spiro atoms. The van der Waals surface area contributed by atoms with Gasteiger partial charge in [0.25, 0.3) is 0 Å². The zero-order valence-corrected chi connectivity index (χ0v) is 14.7. The molecule has 0 bridgehead atoms. The van der Waals surface area contributed by atoms with Gasteiger partial charge >= 0.3 is 0 Å². The fraction of sp³-hybridized carbons (Fsp3) is 0.263. The van der Waals surface area contributed by atoms with E-state index in [1.165, 1.54) is 11.1 Å². The first-order chi connectivity index (χ1) is 11.7. The van der Waals surface area contributed by atoms with E-state index < -0.39 is 0 Å². The normalized spacial score (nSPS) is 12.1. The van der Waals surface area contributed by atoms with Crippen LogP contribution >= 0.6 is 12.2 Å². The third-order valence-corrected chi connectivity index (χ3v) is 4.43. The Morgan fingerprint density at radius 2 is 1.83 bits per heavy atom. The van der Waals surface area contributed by atoms with Crippen LogP contribution in [0, 0.1) is 4.77 Å². The topological polar surface area (TPSA) is 42.8 Å². The summed E-state index contributed by atoms with van der Waals surface area (Å²) >= 11 is 5.40. The number of aryl methyl sites for hydroxylation is 1. The first-order valence-electron chi connectivity index (χ1n) is 8.11. The van der Waals surface area contributed by atoms with E-state index in [9.17, 15) is 0 Å². The second-order valence-corrected chi connectivity index (χ2v) is 6.07. The van der Waals surface area contributed by atoms with Gasteiger partial charge in [0.05, 0.1) is 6.04 Å². The van der Waals surface area contributed by atoms with Gasteiger partial charge in [0, 0.05) is 0 Å². The van der Waals surface area contributed by atoms with Crippen LogP contribution in [0.3, 0.4) is 0 Å². The summed E-state index contributed by atoms with van der Waals surface area (Å²) in [5.41, 5.74) is 2.48. The number of nitrogens with zero attached hydrogens (tertiary/aromatic N) is 2. The molecule has 0 aliphatic carbocycles. The van der Waals surface area contributed by atoms with Crippen LogP contribution < -0.4 is 4.74 Å². The van der Waals surface area contributed by atoms with Crippen molar-refractivity contribution in [2.45, 2.75) is 32.9 Å². The Balaban J connectivity index is 1.78. The largest absolute Gasteiger partial charge is 0.486 e. The molecule has 3 aromatic rings. The molecule has 0 saturated carbocycles. The van der Waals surface area contributed by atoms with Gasteiger partial charge in [0.1, 0.15) is 12.4 Å². The van der Waals surface area contributed by atoms with Crippen molar-refractivity contribution in [2.75, 3.05) is 0 Å². The molecule has 0 aliphatic rings. The Bertz CT molecular complexity index is 837. The molecular weight excluding hydrogens is 318 g/mol. The molecule has 0 aliphatic heterocycles. The Hall–Kier alpha value is -2.40. The molecule has 24 heavy (non-hydrogen) atoms. The first-order valence-corrected chi connectivity index (χ1v) is 8.52. The Morgan fingerprint density at radius 3 is 2.50 bits per heavy atom. The molecule has 5 heteroatoms. The van der Waals surface area contributed by atoms with Crippen LogP contribution in [0.1, 0.15) is 36.8 Å². The number of benzene rings is 2. The summed E-state index contributed by atoms with van der Waals surface area (Å²) in [6.45, 7) is 4.62. The Kier molecular flexibility index (Phi) is 5.11. The monoisotopic (exact) mass is 339 g/mol. The van der Waals surface area contributed by atoms with E-state index in [1.807, 2.05) is 34.9 Å². The number of hydrogen-bond donors (Lipinski definition) is 1. The standard InChI is InChI=1S/C19H21N3OS/c1-3-15-9-11-17(12-10-15)23-13-18-20-21-19(24)22(18)14(2)16-7-5-4-6-8-16/h4-12,14H,3,13H2,1-2H3,(H,21,24)/t14-/m1/s1. The van der Waals surface area contributed by atoms with Gasteiger partial charge in [-0.2, -0.15) is 5.10 Å². The minimum Gasteiger partial charge on any atom is -0.486 e. The number of hydrogen-bond acceptors (Lipinski definition) is 3. The van der Waals surface area contributed by atoms with Gasteiger partial charge in [-0.3, -0.25) is 9.67 Å². The second-order valence-electron chi connectivity index (χ2n) is 5.69. The fourth-order valence-electron chi connectivity index (χ4n) is 2.69. The molecule has 0 unspecified atom stereocenters. The summed E-state index contributed by atoms with van der Waals surface area (Å²) in [5.74, 6) is 1.62. The summed E-state index contributed by atoms with van der Waals surface area (Å²) in [5, 5.41) is 7.21. The lowest BCUT2D eigenvalue weighted by molar-refractivity contribution is 0.287. The van der Waals surface area contributed by atoms with E-state index in [-0.39, 0.29) is 6.04 Å². The maximum absolute atomic E-state index is 5.88. The van der Waals surface area contributed by atoms with Crippen molar-refractivity contribution in [3.63, 3.8) is 0 Å². The van der Waals surface area contributed by atoms with Crippen molar-refractivity contribution in [3.05, 3.63) is 76.3 Å². The summed E-state index contributed by atoms with van der Waals surface area (Å²) in [6.07, 6.45) is 1.02. The molecule has 4 nitrogen and oxygen atoms in total. The van der Waals surface area contributed by atoms with Gasteiger partial charge in [-0.15, -0.1) is 0 Å². The van der Waals surface area contributed by atoms with Gasteiger partial charge < -0.3 is 4.74 Å². The zero-order chi connectivity index (χ0) is 16.9. The van der Waals surface area contributed by atoms with Gasteiger partial charge in [-0.25, -0.2) is 0 Å². The van der Waals surface area contributed by atoms with Gasteiger partial charge in [-0.05, 0) is 48.8 Å². The Labute approximate surface area is 147 Å². The lowest BCUT2D eigenvalue weighted by Crippen LogP contribution is -2.13. The summed E-state index contributed by atoms with van der Waals surface area (Å²) in [6, 6.07) is 18.5. The van der Waals surface area contributed by atoms with Crippen molar-refractivity contribution in [1.82, 2.24) is 14.8 Å². The van der Waals surface area contributed by atoms with Crippen molar-refractivity contribution in [2.24, 2.45) is 0 Å². The average Bonchev–Trinajstić information content (AvgIpc) is 3.01. The van der Waals surface area contributed by atoms with Crippen molar-refractivity contribution in [3.8, 4) is 5.75 Å². The van der Waals surface area contributed by atoms with Crippen LogP contribution in [-0.4, -0.2) is 14.8 Å². The van der Waals surface area contributed by atoms with E-state index >= 15 is 0 Å². The molecule has 0 saturated heterocycles. The van der Waals surface area contributed by atoms with Crippen LogP contribution in [0.2, 0.25) is 0 Å². The third kappa shape index (κ3) is 3.57. The molecule has 124 valence electrons. The number of ether oxygens (including phenoxy) is 1. The smallest absolute Gasteiger partial charge is 0.195 e. The molecule has 0 amide bonds. The highest BCUT2D eigenvalue weighted by Gasteiger charge is 2.15. The highest BCUT2D eigenvalue weighted by atomic mass is 32.1. The van der Waals surface area contributed by atoms with Crippen LogP contribution in [0.5, 0.6) is 5.75 Å². The number of aromatic nitrogens is 3. The van der Waals surface area contributed by atoms with Crippen LogP contribution in [0.25, 0.3) is 0 Å². The molecule has 2 aromatic carbocycles. The van der Waals surface area contributed by atoms with E-state index in [4.69, 9.17) is 17.0 Å². The second kappa shape index (κ2) is 7.45. The summed E-state index contributed by atoms with van der Waals surface area (Å²) in [7, 11) is 0. The SMILES string of the molecule is CCc1ccc(OCc2n[nH]c(=S)n2[C@H](C)c2ccccc2)cc1. The van der Waals surface area contributed by atoms with Gasteiger partial charge in [0.15, 0.2) is 10.6 Å². The van der Waals surface area contributed by atoms with E-state index in [0.717, 1.165) is 18.0 Å². The summed E-state index contributed by atoms with van der Waals surface area (Å²) in [4.78, 5) is 0. The number of nitrogens with one attached hydrogen (secondary N) is 1. The number of H-pyrrole nitrogens is 1. The van der Waals surface area contributed by atoms with Crippen molar-refractivity contribution >= 4 is 12.2 Å². The molecular formula is C19H21N3OS. The number of aromatic amines is 1. The quantitative estimate of drug-likeness (QED) is 0.662. The van der Waals surface area contributed by atoms with E-state index in [2.05, 4.69) is 48.3 Å². The van der Waals surface area contributed by atoms with Gasteiger partial charge in [0.2, 0.25) is 0 Å². The number of rotatable bonds is 6. The predicted octanol–water partition coefficient (Wildman–Crippen LogP) is 4.69. The first kappa shape index (κ1) is 16.5.